The lowest BCUT2D eigenvalue weighted by Gasteiger charge is -2.15. The SMILES string of the molecule is CCN(CC)Cc1noc2cc(Nc3n[nH]c4cccnc34)ccc12.CS(=O)(=O)C1CCN(C(=O)c2noc3cc(Nc4n[nH]c5cccnc45)ccc23)C1.CS(=O)(=O)CCCNC(=O)c1noc2cc(Nc3n[nH]c4cccnc34)ccc12.c1cnc2c(Nc3ccc4c(Cn5cccn5)noc4c3)n[nH]c2c1. The summed E-state index contributed by atoms with van der Waals surface area (Å²) in [5.41, 5.74) is 14.1. The molecule has 109 heavy (non-hydrogen) atoms. The van der Waals surface area contributed by atoms with E-state index in [2.05, 4.69) is 132 Å². The largest absolute Gasteiger partial charge is 0.356 e. The van der Waals surface area contributed by atoms with Gasteiger partial charge in [-0.15, -0.1) is 0 Å². The Morgan fingerprint density at radius 2 is 0.945 bits per heavy atom. The van der Waals surface area contributed by atoms with Gasteiger partial charge in [0.1, 0.15) is 43.3 Å². The van der Waals surface area contributed by atoms with Gasteiger partial charge in [-0.05, 0) is 129 Å². The molecule has 9 N–H and O–H groups in total. The lowest BCUT2D eigenvalue weighted by molar-refractivity contribution is 0.0784. The maximum Gasteiger partial charge on any atom is 0.276 e. The second-order valence-corrected chi connectivity index (χ2v) is 30.0. The molecule has 0 radical (unpaired) electrons. The average Bonchev–Trinajstić information content (AvgIpc) is 1.66. The van der Waals surface area contributed by atoms with Gasteiger partial charge in [0.15, 0.2) is 66.8 Å². The molecule has 4 aromatic carbocycles. The molecule has 1 aliphatic rings. The van der Waals surface area contributed by atoms with Crippen LogP contribution in [0.2, 0.25) is 0 Å². The molecule has 0 spiro atoms. The first-order valence-corrected chi connectivity index (χ1v) is 38.4. The van der Waals surface area contributed by atoms with Crippen molar-refractivity contribution in [1.82, 2.24) is 106 Å². The molecule has 1 fully saturated rings. The van der Waals surface area contributed by atoms with E-state index in [-0.39, 0.29) is 36.1 Å². The molecule has 1 saturated heterocycles. The molecule has 1 unspecified atom stereocenters. The maximum atomic E-state index is 12.9. The Balaban J connectivity index is 0.000000116. The van der Waals surface area contributed by atoms with Crippen LogP contribution in [0.3, 0.4) is 0 Å². The fourth-order valence-electron chi connectivity index (χ4n) is 12.3. The lowest BCUT2D eigenvalue weighted by atomic mass is 10.2. The highest BCUT2D eigenvalue weighted by molar-refractivity contribution is 7.91. The van der Waals surface area contributed by atoms with Gasteiger partial charge in [-0.25, -0.2) is 16.8 Å². The van der Waals surface area contributed by atoms with Gasteiger partial charge in [0, 0.05) is 134 Å². The van der Waals surface area contributed by atoms with Gasteiger partial charge in [0.05, 0.1) is 50.4 Å². The van der Waals surface area contributed by atoms with Gasteiger partial charge in [-0.3, -0.25) is 59.5 Å². The van der Waals surface area contributed by atoms with Crippen molar-refractivity contribution in [2.45, 2.75) is 45.0 Å². The fraction of sp³-hybridized carbons (Fsp3) is 0.208. The van der Waals surface area contributed by atoms with Crippen molar-refractivity contribution in [3.05, 3.63) is 187 Å². The fourth-order valence-corrected chi connectivity index (χ4v) is 13.9. The number of nitrogens with one attached hydrogen (secondary N) is 9. The summed E-state index contributed by atoms with van der Waals surface area (Å²) in [4.78, 5) is 46.3. The minimum absolute atomic E-state index is 0.0125. The highest BCUT2D eigenvalue weighted by Gasteiger charge is 2.35. The number of hydrogen-bond donors (Lipinski definition) is 9. The van der Waals surface area contributed by atoms with E-state index in [4.69, 9.17) is 18.1 Å². The number of hydrogen-bond acceptors (Lipinski definition) is 28. The molecule has 0 saturated carbocycles. The Labute approximate surface area is 617 Å². The van der Waals surface area contributed by atoms with Crippen LogP contribution in [-0.2, 0) is 32.8 Å². The first kappa shape index (κ1) is 71.1. The van der Waals surface area contributed by atoms with E-state index in [1.165, 1.54) is 11.2 Å². The predicted molar refractivity (Wildman–Crippen MR) is 408 cm³/mol. The standard InChI is InChI=1S/C19H18N6O4S.C18H18N6O4S.C18H20N6O.C17H13N7O/c1-30(27,28)12-6-8-25(10-12)19(26)16-13-5-4-11(9-15(13)29-24-16)21-18-17-14(22-23-18)3-2-7-20-17;1-29(26,27)9-3-8-20-18(25)15-12-6-5-11(10-14(12)28-24-15)21-17-16-13(22-23-17)4-2-7-19-16;1-3-24(4-2)11-15-13-8-7-12(10-16(13)25-23-15)20-18-17-14(21-22-18)6-5-9-19-17;1-3-13-16(18-6-1)17(22-21-13)20-11-4-5-12-14(23-25-15(12)9-11)10-24-8-2-7-19-24/h2-5,7,9,12H,6,8,10H2,1H3,(H2,21,22,23);2,4-7,10H,3,8-9H2,1H3,(H,20,25)(H2,21,22,23);5-10H,3-4,11H2,1-2H3,(H2,20,21,22);1-9H,10H2,(H2,20,21,22). The minimum Gasteiger partial charge on any atom is -0.356 e. The van der Waals surface area contributed by atoms with E-state index < -0.39 is 30.8 Å². The molecule has 13 aromatic heterocycles. The summed E-state index contributed by atoms with van der Waals surface area (Å²) in [6, 6.07) is 39.2. The maximum absolute atomic E-state index is 12.9. The highest BCUT2D eigenvalue weighted by atomic mass is 32.2. The smallest absolute Gasteiger partial charge is 0.276 e. The number of aromatic amines is 4. The number of pyridine rings is 4. The lowest BCUT2D eigenvalue weighted by Crippen LogP contribution is -2.31. The predicted octanol–water partition coefficient (Wildman–Crippen LogP) is 10.9. The Kier molecular flexibility index (Phi) is 20.1. The minimum atomic E-state index is -3.19. The summed E-state index contributed by atoms with van der Waals surface area (Å²) in [7, 11) is -6.24. The van der Waals surface area contributed by atoms with E-state index in [1.807, 2.05) is 102 Å². The molecule has 18 rings (SSSR count). The Morgan fingerprint density at radius 1 is 0.523 bits per heavy atom. The third kappa shape index (κ3) is 16.0. The first-order chi connectivity index (χ1) is 52.9. The molecule has 0 bridgehead atoms. The second-order valence-electron chi connectivity index (χ2n) is 25.4. The van der Waals surface area contributed by atoms with Crippen LogP contribution in [0.15, 0.2) is 183 Å². The number of anilines is 8. The summed E-state index contributed by atoms with van der Waals surface area (Å²) in [5, 5.41) is 67.3. The molecule has 0 aliphatic carbocycles. The van der Waals surface area contributed by atoms with Crippen LogP contribution in [0.1, 0.15) is 59.1 Å². The number of carbonyl (C=O) groups is 2. The van der Waals surface area contributed by atoms with Gasteiger partial charge in [-0.1, -0.05) is 34.5 Å². The molecule has 35 nitrogen and oxygen atoms in total. The number of amides is 2. The summed E-state index contributed by atoms with van der Waals surface area (Å²) < 4.78 is 69.3. The van der Waals surface area contributed by atoms with Crippen LogP contribution >= 0.6 is 0 Å². The highest BCUT2D eigenvalue weighted by Crippen LogP contribution is 2.33. The molecule has 37 heteroatoms. The quantitative estimate of drug-likeness (QED) is 0.0302. The van der Waals surface area contributed by atoms with Crippen LogP contribution < -0.4 is 26.6 Å². The van der Waals surface area contributed by atoms with Crippen LogP contribution in [0.5, 0.6) is 0 Å². The van der Waals surface area contributed by atoms with Gasteiger partial charge in [0.25, 0.3) is 11.8 Å². The molecule has 554 valence electrons. The molecular formula is C72H69N25O10S2. The number of aromatic nitrogens is 18. The van der Waals surface area contributed by atoms with Crippen molar-refractivity contribution in [2.75, 3.05) is 72.3 Å². The zero-order valence-electron chi connectivity index (χ0n) is 58.8. The van der Waals surface area contributed by atoms with Crippen molar-refractivity contribution in [3.8, 4) is 0 Å². The summed E-state index contributed by atoms with van der Waals surface area (Å²) in [6.07, 6.45) is 13.6. The molecule has 14 heterocycles. The molecule has 1 aliphatic heterocycles. The topological polar surface area (TPSA) is 457 Å². The number of nitrogens with zero attached hydrogens (tertiary/aromatic N) is 16. The average molecular weight is 1510 g/mol. The van der Waals surface area contributed by atoms with E-state index in [0.717, 1.165) is 98.1 Å². The third-order valence-corrected chi connectivity index (χ3v) is 20.6. The summed E-state index contributed by atoms with van der Waals surface area (Å²) in [5.74, 6) is 1.78. The van der Waals surface area contributed by atoms with E-state index >= 15 is 0 Å². The molecule has 17 aromatic rings. The van der Waals surface area contributed by atoms with Crippen molar-refractivity contribution in [2.24, 2.45) is 0 Å². The number of benzene rings is 4. The summed E-state index contributed by atoms with van der Waals surface area (Å²) in [6.45, 7) is 8.43. The number of rotatable bonds is 21. The second kappa shape index (κ2) is 30.9. The monoisotopic (exact) mass is 1510 g/mol. The number of fused-ring (bicyclic) bond motifs is 8. The van der Waals surface area contributed by atoms with Crippen LogP contribution in [0.25, 0.3) is 88.0 Å². The van der Waals surface area contributed by atoms with Crippen molar-refractivity contribution in [1.29, 1.82) is 0 Å². The summed E-state index contributed by atoms with van der Waals surface area (Å²) >= 11 is 0. The Morgan fingerprint density at radius 3 is 1.38 bits per heavy atom. The van der Waals surface area contributed by atoms with Crippen LogP contribution in [0, 0.1) is 0 Å². The first-order valence-electron chi connectivity index (χ1n) is 34.4. The van der Waals surface area contributed by atoms with Gasteiger partial charge >= 0.3 is 0 Å². The van der Waals surface area contributed by atoms with Crippen LogP contribution in [0.4, 0.5) is 46.0 Å². The molecule has 2 amide bonds. The normalized spacial score (nSPS) is 13.1. The number of likely N-dealkylation sites (tertiary alicyclic amines) is 1. The third-order valence-electron chi connectivity index (χ3n) is 17.9. The number of carbonyl (C=O) groups excluding carboxylic acids is 2. The van der Waals surface area contributed by atoms with E-state index in [0.29, 0.717) is 99.1 Å². The Bertz CT molecular complexity index is 6360. The zero-order chi connectivity index (χ0) is 75.2. The molecular weight excluding hydrogens is 1440 g/mol. The molecule has 1 atom stereocenters. The van der Waals surface area contributed by atoms with E-state index in [1.54, 1.807) is 67.4 Å². The van der Waals surface area contributed by atoms with Gasteiger partial charge in [-0.2, -0.15) is 25.5 Å². The number of sulfone groups is 2. The zero-order valence-corrected chi connectivity index (χ0v) is 60.4. The van der Waals surface area contributed by atoms with Crippen LogP contribution in [-0.4, -0.2) is 186 Å². The van der Waals surface area contributed by atoms with Gasteiger partial charge < -0.3 is 49.6 Å². The van der Waals surface area contributed by atoms with Crippen molar-refractivity contribution >= 4 is 166 Å². The Hall–Kier alpha value is -13.6. The van der Waals surface area contributed by atoms with Gasteiger partial charge in [0.2, 0.25) is 0 Å². The van der Waals surface area contributed by atoms with E-state index in [9.17, 15) is 26.4 Å². The van der Waals surface area contributed by atoms with Crippen molar-refractivity contribution in [3.63, 3.8) is 0 Å². The number of H-pyrrole nitrogens is 4. The van der Waals surface area contributed by atoms with Crippen molar-refractivity contribution < 1.29 is 44.5 Å².